The molecule has 1 aromatic rings. The molecule has 0 bridgehead atoms. The fraction of sp³-hybridized carbons (Fsp3) is 0.500. The third-order valence-corrected chi connectivity index (χ3v) is 8.13. The van der Waals surface area contributed by atoms with Gasteiger partial charge < -0.3 is 4.89 Å². The largest absolute Gasteiger partial charge is 0.343 e. The van der Waals surface area contributed by atoms with Crippen LogP contribution in [0.25, 0.3) is 0 Å². The Morgan fingerprint density at radius 2 is 1.87 bits per heavy atom. The standard InChI is InChI=1S/C16H19ClNO4P/c1-2-23(21,22)16(9-4-3-5-10-16)18-14(19)11-7-6-8-12(17)13(11)15(18)20/h6-8H,2-5,9-10H2,1H3,(H,21,22). The first kappa shape index (κ1) is 16.7. The van der Waals surface area contributed by atoms with Crippen LogP contribution in [0.3, 0.4) is 0 Å². The third kappa shape index (κ3) is 2.29. The number of halogens is 1. The van der Waals surface area contributed by atoms with Crippen molar-refractivity contribution in [3.63, 3.8) is 0 Å². The van der Waals surface area contributed by atoms with E-state index in [9.17, 15) is 19.0 Å². The number of carbonyl (C=O) groups excluding carboxylic acids is 2. The molecule has 1 unspecified atom stereocenters. The zero-order valence-electron chi connectivity index (χ0n) is 12.9. The lowest BCUT2D eigenvalue weighted by atomic mass is 9.93. The van der Waals surface area contributed by atoms with Gasteiger partial charge in [-0.05, 0) is 25.0 Å². The third-order valence-electron chi connectivity index (χ3n) is 5.01. The van der Waals surface area contributed by atoms with E-state index in [0.717, 1.165) is 24.2 Å². The summed E-state index contributed by atoms with van der Waals surface area (Å²) in [6, 6.07) is 4.72. The Hall–Kier alpha value is -1.16. The lowest BCUT2D eigenvalue weighted by molar-refractivity contribution is 0.0466. The zero-order valence-corrected chi connectivity index (χ0v) is 14.6. The van der Waals surface area contributed by atoms with Gasteiger partial charge in [0, 0.05) is 6.16 Å². The van der Waals surface area contributed by atoms with Gasteiger partial charge in [-0.3, -0.25) is 19.1 Å². The molecule has 2 amide bonds. The molecule has 1 N–H and O–H groups in total. The summed E-state index contributed by atoms with van der Waals surface area (Å²) in [5, 5.41) is -1.09. The van der Waals surface area contributed by atoms with E-state index in [1.807, 2.05) is 0 Å². The number of amides is 2. The van der Waals surface area contributed by atoms with Gasteiger partial charge in [-0.1, -0.05) is 43.9 Å². The second-order valence-corrected chi connectivity index (χ2v) is 9.44. The van der Waals surface area contributed by atoms with Crippen molar-refractivity contribution in [2.45, 2.75) is 44.3 Å². The van der Waals surface area contributed by atoms with E-state index in [0.29, 0.717) is 12.8 Å². The Morgan fingerprint density at radius 3 is 2.43 bits per heavy atom. The van der Waals surface area contributed by atoms with Gasteiger partial charge in [0.05, 0.1) is 16.1 Å². The zero-order chi connectivity index (χ0) is 16.8. The van der Waals surface area contributed by atoms with E-state index in [2.05, 4.69) is 0 Å². The topological polar surface area (TPSA) is 74.7 Å². The van der Waals surface area contributed by atoms with E-state index < -0.39 is 24.5 Å². The molecule has 1 aliphatic heterocycles. The lowest BCUT2D eigenvalue weighted by Crippen LogP contribution is -2.53. The molecule has 1 heterocycles. The number of rotatable bonds is 3. The maximum Gasteiger partial charge on any atom is 0.264 e. The fourth-order valence-corrected chi connectivity index (χ4v) is 6.12. The Balaban J connectivity index is 2.16. The van der Waals surface area contributed by atoms with Crippen LogP contribution in [0.15, 0.2) is 18.2 Å². The van der Waals surface area contributed by atoms with Gasteiger partial charge in [-0.15, -0.1) is 0 Å². The van der Waals surface area contributed by atoms with E-state index in [-0.39, 0.29) is 22.3 Å². The highest BCUT2D eigenvalue weighted by Crippen LogP contribution is 2.63. The molecule has 5 nitrogen and oxygen atoms in total. The van der Waals surface area contributed by atoms with E-state index >= 15 is 0 Å². The molecule has 124 valence electrons. The second-order valence-electron chi connectivity index (χ2n) is 6.17. The highest BCUT2D eigenvalue weighted by molar-refractivity contribution is 7.59. The maximum atomic E-state index is 13.0. The molecule has 23 heavy (non-hydrogen) atoms. The second kappa shape index (κ2) is 5.73. The van der Waals surface area contributed by atoms with Crippen molar-refractivity contribution in [1.29, 1.82) is 0 Å². The van der Waals surface area contributed by atoms with Crippen molar-refractivity contribution in [3.8, 4) is 0 Å². The lowest BCUT2D eigenvalue weighted by Gasteiger charge is -2.45. The predicted octanol–water partition coefficient (Wildman–Crippen LogP) is 3.89. The molecule has 7 heteroatoms. The minimum Gasteiger partial charge on any atom is -0.343 e. The van der Waals surface area contributed by atoms with Gasteiger partial charge in [0.2, 0.25) is 7.37 Å². The number of benzene rings is 1. The average Bonchev–Trinajstić information content (AvgIpc) is 2.80. The number of hydrogen-bond acceptors (Lipinski definition) is 3. The molecule has 0 aromatic heterocycles. The Bertz CT molecular complexity index is 727. The minimum absolute atomic E-state index is 0.0359. The van der Waals surface area contributed by atoms with Crippen molar-refractivity contribution >= 4 is 30.8 Å². The molecule has 0 radical (unpaired) electrons. The highest BCUT2D eigenvalue weighted by atomic mass is 35.5. The number of fused-ring (bicyclic) bond motifs is 1. The summed E-state index contributed by atoms with van der Waals surface area (Å²) < 4.78 is 13.0. The molecule has 0 saturated heterocycles. The summed E-state index contributed by atoms with van der Waals surface area (Å²) in [6.45, 7) is 1.63. The van der Waals surface area contributed by atoms with Crippen molar-refractivity contribution in [1.82, 2.24) is 4.90 Å². The summed E-state index contributed by atoms with van der Waals surface area (Å²) in [6.07, 6.45) is 3.18. The summed E-state index contributed by atoms with van der Waals surface area (Å²) in [5.74, 6) is -1.04. The van der Waals surface area contributed by atoms with Crippen molar-refractivity contribution in [2.24, 2.45) is 0 Å². The Kier molecular flexibility index (Phi) is 4.16. The van der Waals surface area contributed by atoms with Crippen LogP contribution in [0.5, 0.6) is 0 Å². The molecule has 1 aromatic carbocycles. The predicted molar refractivity (Wildman–Crippen MR) is 88.1 cm³/mol. The quantitative estimate of drug-likeness (QED) is 0.659. The SMILES string of the molecule is CCP(=O)(O)C1(N2C(=O)c3cccc(Cl)c3C2=O)CCCCC1. The van der Waals surface area contributed by atoms with Crippen LogP contribution in [0.4, 0.5) is 0 Å². The van der Waals surface area contributed by atoms with Gasteiger partial charge in [0.15, 0.2) is 0 Å². The molecule has 1 atom stereocenters. The summed E-state index contributed by atoms with van der Waals surface area (Å²) in [4.78, 5) is 37.4. The average molecular weight is 356 g/mol. The van der Waals surface area contributed by atoms with Crippen molar-refractivity contribution in [2.75, 3.05) is 6.16 Å². The molecule has 1 fully saturated rings. The number of imide groups is 1. The monoisotopic (exact) mass is 355 g/mol. The van der Waals surface area contributed by atoms with Crippen LogP contribution in [-0.2, 0) is 4.57 Å². The summed E-state index contributed by atoms with van der Waals surface area (Å²) in [5.41, 5.74) is 0.378. The van der Waals surface area contributed by atoms with Crippen LogP contribution >= 0.6 is 19.0 Å². The smallest absolute Gasteiger partial charge is 0.264 e. The molecule has 2 aliphatic rings. The van der Waals surface area contributed by atoms with Crippen molar-refractivity contribution in [3.05, 3.63) is 34.3 Å². The minimum atomic E-state index is -3.71. The van der Waals surface area contributed by atoms with Crippen molar-refractivity contribution < 1.29 is 19.0 Å². The van der Waals surface area contributed by atoms with Crippen LogP contribution in [0.2, 0.25) is 5.02 Å². The van der Waals surface area contributed by atoms with Gasteiger partial charge in [0.25, 0.3) is 11.8 Å². The molecule has 1 saturated carbocycles. The molecule has 1 aliphatic carbocycles. The number of carbonyl (C=O) groups is 2. The van der Waals surface area contributed by atoms with Gasteiger partial charge in [-0.2, -0.15) is 0 Å². The van der Waals surface area contributed by atoms with E-state index in [1.165, 1.54) is 0 Å². The Labute approximate surface area is 140 Å². The molecule has 0 spiro atoms. The molecule has 3 rings (SSSR count). The fourth-order valence-electron chi connectivity index (χ4n) is 3.76. The van der Waals surface area contributed by atoms with Crippen LogP contribution in [-0.4, -0.2) is 33.0 Å². The number of nitrogens with zero attached hydrogens (tertiary/aromatic N) is 1. The van der Waals surface area contributed by atoms with Gasteiger partial charge in [0.1, 0.15) is 5.28 Å². The number of hydrogen-bond donors (Lipinski definition) is 1. The van der Waals surface area contributed by atoms with E-state index in [4.69, 9.17) is 11.6 Å². The first-order chi connectivity index (χ1) is 10.9. The Morgan fingerprint density at radius 1 is 1.22 bits per heavy atom. The van der Waals surface area contributed by atoms with E-state index in [1.54, 1.807) is 25.1 Å². The van der Waals surface area contributed by atoms with Gasteiger partial charge >= 0.3 is 0 Å². The maximum absolute atomic E-state index is 13.0. The first-order valence-electron chi connectivity index (χ1n) is 7.85. The van der Waals surface area contributed by atoms with Crippen LogP contribution in [0, 0.1) is 0 Å². The summed E-state index contributed by atoms with van der Waals surface area (Å²) in [7, 11) is -3.71. The molecular formula is C16H19ClNO4P. The van der Waals surface area contributed by atoms with Crippen LogP contribution in [0.1, 0.15) is 59.7 Å². The highest BCUT2D eigenvalue weighted by Gasteiger charge is 2.58. The van der Waals surface area contributed by atoms with Crippen LogP contribution < -0.4 is 0 Å². The first-order valence-corrected chi connectivity index (χ1v) is 10.1. The molecular weight excluding hydrogens is 337 g/mol. The van der Waals surface area contributed by atoms with Gasteiger partial charge in [-0.25, -0.2) is 0 Å². The summed E-state index contributed by atoms with van der Waals surface area (Å²) >= 11 is 6.10. The normalized spacial score (nSPS) is 22.8.